The van der Waals surface area contributed by atoms with E-state index in [0.717, 1.165) is 22.1 Å². The number of methoxy groups -OCH3 is 1. The van der Waals surface area contributed by atoms with E-state index >= 15 is 0 Å². The zero-order chi connectivity index (χ0) is 19.5. The highest BCUT2D eigenvalue weighted by atomic mass is 16.5. The van der Waals surface area contributed by atoms with Crippen LogP contribution in [0, 0.1) is 0 Å². The molecular formula is C22H20N2O4. The fourth-order valence-electron chi connectivity index (χ4n) is 3.24. The van der Waals surface area contributed by atoms with E-state index in [9.17, 15) is 9.59 Å². The number of aryl methyl sites for hydroxylation is 1. The normalized spacial score (nSPS) is 11.0. The first-order valence-electron chi connectivity index (χ1n) is 9.06. The molecule has 142 valence electrons. The van der Waals surface area contributed by atoms with Gasteiger partial charge in [-0.3, -0.25) is 9.36 Å². The van der Waals surface area contributed by atoms with E-state index in [0.29, 0.717) is 17.6 Å². The van der Waals surface area contributed by atoms with Crippen LogP contribution < -0.4 is 15.8 Å². The molecule has 1 amide bonds. The van der Waals surface area contributed by atoms with Crippen molar-refractivity contribution in [1.82, 2.24) is 9.88 Å². The lowest BCUT2D eigenvalue weighted by molar-refractivity contribution is -0.121. The molecule has 28 heavy (non-hydrogen) atoms. The molecule has 0 bridgehead atoms. The number of aromatic nitrogens is 1. The van der Waals surface area contributed by atoms with Gasteiger partial charge in [-0.15, -0.1) is 0 Å². The molecule has 0 radical (unpaired) electrons. The van der Waals surface area contributed by atoms with Crippen molar-refractivity contribution in [3.8, 4) is 5.75 Å². The largest absolute Gasteiger partial charge is 0.497 e. The van der Waals surface area contributed by atoms with Crippen molar-refractivity contribution in [3.63, 3.8) is 0 Å². The molecule has 4 rings (SSSR count). The SMILES string of the molecule is COc1ccc2cc(CNC(=O)CCn3c(=O)oc4ccccc43)ccc2c1. The van der Waals surface area contributed by atoms with Crippen molar-refractivity contribution in [3.05, 3.63) is 76.8 Å². The highest BCUT2D eigenvalue weighted by Crippen LogP contribution is 2.21. The fraction of sp³-hybridized carbons (Fsp3) is 0.182. The zero-order valence-corrected chi connectivity index (χ0v) is 15.5. The van der Waals surface area contributed by atoms with E-state index in [1.54, 1.807) is 13.2 Å². The second-order valence-corrected chi connectivity index (χ2v) is 6.56. The van der Waals surface area contributed by atoms with Gasteiger partial charge in [-0.05, 0) is 46.7 Å². The number of para-hydroxylation sites is 2. The molecule has 1 heterocycles. The molecule has 1 N–H and O–H groups in total. The lowest BCUT2D eigenvalue weighted by Gasteiger charge is -2.08. The van der Waals surface area contributed by atoms with E-state index in [4.69, 9.17) is 9.15 Å². The number of carbonyl (C=O) groups is 1. The summed E-state index contributed by atoms with van der Waals surface area (Å²) in [4.78, 5) is 24.2. The van der Waals surface area contributed by atoms with Gasteiger partial charge in [0.2, 0.25) is 5.91 Å². The third-order valence-electron chi connectivity index (χ3n) is 4.74. The standard InChI is InChI=1S/C22H20N2O4/c1-27-18-9-8-16-12-15(6-7-17(16)13-18)14-23-21(25)10-11-24-19-4-2-3-5-20(19)28-22(24)26/h2-9,12-13H,10-11,14H2,1H3,(H,23,25). The van der Waals surface area contributed by atoms with Crippen molar-refractivity contribution in [2.24, 2.45) is 0 Å². The Morgan fingerprint density at radius 3 is 2.71 bits per heavy atom. The smallest absolute Gasteiger partial charge is 0.419 e. The van der Waals surface area contributed by atoms with Crippen LogP contribution in [0.2, 0.25) is 0 Å². The van der Waals surface area contributed by atoms with Gasteiger partial charge in [0.15, 0.2) is 5.58 Å². The molecule has 4 aromatic rings. The number of hydrogen-bond donors (Lipinski definition) is 1. The molecule has 3 aromatic carbocycles. The molecule has 6 nitrogen and oxygen atoms in total. The van der Waals surface area contributed by atoms with Crippen LogP contribution >= 0.6 is 0 Å². The number of nitrogens with one attached hydrogen (secondary N) is 1. The minimum atomic E-state index is -0.445. The van der Waals surface area contributed by atoms with Gasteiger partial charge >= 0.3 is 5.76 Å². The monoisotopic (exact) mass is 376 g/mol. The molecule has 0 aliphatic carbocycles. The second-order valence-electron chi connectivity index (χ2n) is 6.56. The highest BCUT2D eigenvalue weighted by molar-refractivity contribution is 5.84. The molecule has 0 saturated heterocycles. The van der Waals surface area contributed by atoms with Crippen molar-refractivity contribution in [2.75, 3.05) is 7.11 Å². The highest BCUT2D eigenvalue weighted by Gasteiger charge is 2.10. The van der Waals surface area contributed by atoms with Gasteiger partial charge in [-0.2, -0.15) is 0 Å². The number of rotatable bonds is 6. The Labute approximate surface area is 161 Å². The van der Waals surface area contributed by atoms with Crippen LogP contribution in [0.4, 0.5) is 0 Å². The molecule has 0 aliphatic heterocycles. The first-order chi connectivity index (χ1) is 13.6. The average molecular weight is 376 g/mol. The number of benzene rings is 3. The van der Waals surface area contributed by atoms with E-state index < -0.39 is 5.76 Å². The Bertz CT molecular complexity index is 1210. The third-order valence-corrected chi connectivity index (χ3v) is 4.74. The Balaban J connectivity index is 1.38. The van der Waals surface area contributed by atoms with Crippen molar-refractivity contribution < 1.29 is 13.9 Å². The molecule has 1 aromatic heterocycles. The molecular weight excluding hydrogens is 356 g/mol. The average Bonchev–Trinajstić information content (AvgIpc) is 3.05. The Morgan fingerprint density at radius 2 is 1.86 bits per heavy atom. The number of amides is 1. The van der Waals surface area contributed by atoms with Crippen LogP contribution in [0.1, 0.15) is 12.0 Å². The summed E-state index contributed by atoms with van der Waals surface area (Å²) in [6, 6.07) is 19.1. The fourth-order valence-corrected chi connectivity index (χ4v) is 3.24. The number of nitrogens with zero attached hydrogens (tertiary/aromatic N) is 1. The summed E-state index contributed by atoms with van der Waals surface area (Å²) in [5.41, 5.74) is 2.24. The van der Waals surface area contributed by atoms with Crippen molar-refractivity contribution in [2.45, 2.75) is 19.5 Å². The molecule has 0 aliphatic rings. The summed E-state index contributed by atoms with van der Waals surface area (Å²) in [7, 11) is 1.64. The maximum atomic E-state index is 12.2. The van der Waals surface area contributed by atoms with Gasteiger partial charge in [-0.1, -0.05) is 30.3 Å². The Kier molecular flexibility index (Phi) is 4.85. The number of hydrogen-bond acceptors (Lipinski definition) is 4. The van der Waals surface area contributed by atoms with Gasteiger partial charge in [0, 0.05) is 19.5 Å². The Hall–Kier alpha value is -3.54. The second kappa shape index (κ2) is 7.60. The predicted molar refractivity (Wildman–Crippen MR) is 107 cm³/mol. The van der Waals surface area contributed by atoms with Crippen LogP contribution in [0.25, 0.3) is 21.9 Å². The zero-order valence-electron chi connectivity index (χ0n) is 15.5. The topological polar surface area (TPSA) is 73.5 Å². The number of oxazole rings is 1. The quantitative estimate of drug-likeness (QED) is 0.559. The first kappa shape index (κ1) is 17.9. The van der Waals surface area contributed by atoms with Crippen LogP contribution in [0.15, 0.2) is 69.9 Å². The predicted octanol–water partition coefficient (Wildman–Crippen LogP) is 3.46. The summed E-state index contributed by atoms with van der Waals surface area (Å²) in [5.74, 6) is 0.251. The summed E-state index contributed by atoms with van der Waals surface area (Å²) < 4.78 is 11.9. The van der Waals surface area contributed by atoms with E-state index in [2.05, 4.69) is 5.32 Å². The maximum absolute atomic E-state index is 12.2. The van der Waals surface area contributed by atoms with E-state index in [-0.39, 0.29) is 18.9 Å². The maximum Gasteiger partial charge on any atom is 0.419 e. The van der Waals surface area contributed by atoms with Gasteiger partial charge in [0.25, 0.3) is 0 Å². The minimum absolute atomic E-state index is 0.119. The number of carbonyl (C=O) groups excluding carboxylic acids is 1. The molecule has 0 spiro atoms. The van der Waals surface area contributed by atoms with Crippen LogP contribution in [-0.2, 0) is 17.9 Å². The summed E-state index contributed by atoms with van der Waals surface area (Å²) in [5, 5.41) is 5.08. The van der Waals surface area contributed by atoms with Crippen molar-refractivity contribution in [1.29, 1.82) is 0 Å². The first-order valence-corrected chi connectivity index (χ1v) is 9.06. The van der Waals surface area contributed by atoms with Gasteiger partial charge in [0.1, 0.15) is 5.75 Å². The molecule has 0 fully saturated rings. The number of fused-ring (bicyclic) bond motifs is 2. The molecule has 6 heteroatoms. The lowest BCUT2D eigenvalue weighted by atomic mass is 10.1. The lowest BCUT2D eigenvalue weighted by Crippen LogP contribution is -2.25. The Morgan fingerprint density at radius 1 is 1.07 bits per heavy atom. The van der Waals surface area contributed by atoms with E-state index in [1.165, 1.54) is 4.57 Å². The molecule has 0 saturated carbocycles. The van der Waals surface area contributed by atoms with Crippen LogP contribution in [0.3, 0.4) is 0 Å². The molecule has 0 atom stereocenters. The van der Waals surface area contributed by atoms with Crippen LogP contribution in [-0.4, -0.2) is 17.6 Å². The van der Waals surface area contributed by atoms with Gasteiger partial charge in [-0.25, -0.2) is 4.79 Å². The van der Waals surface area contributed by atoms with E-state index in [1.807, 2.05) is 54.6 Å². The summed E-state index contributed by atoms with van der Waals surface area (Å²) in [6.07, 6.45) is 0.203. The summed E-state index contributed by atoms with van der Waals surface area (Å²) in [6.45, 7) is 0.709. The number of ether oxygens (including phenoxy) is 1. The third kappa shape index (κ3) is 3.62. The van der Waals surface area contributed by atoms with Gasteiger partial charge < -0.3 is 14.5 Å². The minimum Gasteiger partial charge on any atom is -0.497 e. The summed E-state index contributed by atoms with van der Waals surface area (Å²) >= 11 is 0. The van der Waals surface area contributed by atoms with Gasteiger partial charge in [0.05, 0.1) is 12.6 Å². The van der Waals surface area contributed by atoms with Crippen LogP contribution in [0.5, 0.6) is 5.75 Å². The molecule has 0 unspecified atom stereocenters. The van der Waals surface area contributed by atoms with Crippen molar-refractivity contribution >= 4 is 27.8 Å².